The quantitative estimate of drug-likeness (QED) is 0.446. The Labute approximate surface area is 104 Å². The third-order valence-corrected chi connectivity index (χ3v) is 2.27. The second-order valence-corrected chi connectivity index (χ2v) is 3.67. The number of nitrogens with one attached hydrogen (secondary N) is 2. The van der Waals surface area contributed by atoms with Crippen molar-refractivity contribution in [1.82, 2.24) is 10.6 Å². The van der Waals surface area contributed by atoms with Crippen LogP contribution in [0.5, 0.6) is 0 Å². The molecule has 0 spiro atoms. The molecule has 1 aromatic carbocycles. The average Bonchev–Trinajstić information content (AvgIpc) is 2.37. The summed E-state index contributed by atoms with van der Waals surface area (Å²) < 4.78 is 0. The summed E-state index contributed by atoms with van der Waals surface area (Å²) in [5.41, 5.74) is 1.32. The van der Waals surface area contributed by atoms with E-state index in [1.165, 1.54) is 5.56 Å². The maximum absolute atomic E-state index is 4.49. The summed E-state index contributed by atoms with van der Waals surface area (Å²) in [6.45, 7) is 8.12. The molecule has 0 bridgehead atoms. The van der Waals surface area contributed by atoms with Crippen LogP contribution in [0.4, 0.5) is 0 Å². The molecule has 0 saturated heterocycles. The van der Waals surface area contributed by atoms with E-state index in [0.29, 0.717) is 0 Å². The molecule has 0 saturated carbocycles. The first-order chi connectivity index (χ1) is 8.36. The molecule has 92 valence electrons. The molecule has 1 rings (SSSR count). The maximum atomic E-state index is 4.49. The molecule has 0 fully saturated rings. The van der Waals surface area contributed by atoms with Crippen LogP contribution in [0.1, 0.15) is 12.5 Å². The molecular weight excluding hydrogens is 210 g/mol. The molecule has 0 radical (unpaired) electrons. The second kappa shape index (κ2) is 8.39. The van der Waals surface area contributed by atoms with E-state index in [4.69, 9.17) is 0 Å². The summed E-state index contributed by atoms with van der Waals surface area (Å²) in [7, 11) is 0. The molecule has 3 nitrogen and oxygen atoms in total. The topological polar surface area (TPSA) is 36.4 Å². The van der Waals surface area contributed by atoms with Gasteiger partial charge < -0.3 is 10.6 Å². The van der Waals surface area contributed by atoms with Gasteiger partial charge in [-0.25, -0.2) is 0 Å². The number of nitrogens with zero attached hydrogens (tertiary/aromatic N) is 1. The van der Waals surface area contributed by atoms with Crippen molar-refractivity contribution in [2.24, 2.45) is 4.99 Å². The Morgan fingerprint density at radius 2 is 2.06 bits per heavy atom. The highest BCUT2D eigenvalue weighted by Gasteiger charge is 1.94. The van der Waals surface area contributed by atoms with Gasteiger partial charge in [0.1, 0.15) is 0 Å². The van der Waals surface area contributed by atoms with Gasteiger partial charge in [0, 0.05) is 19.6 Å². The number of guanidine groups is 1. The molecule has 1 aromatic rings. The minimum absolute atomic E-state index is 0.733. The molecule has 3 heteroatoms. The van der Waals surface area contributed by atoms with E-state index < -0.39 is 0 Å². The summed E-state index contributed by atoms with van der Waals surface area (Å²) in [6, 6.07) is 10.4. The first-order valence-corrected chi connectivity index (χ1v) is 6.03. The minimum Gasteiger partial charge on any atom is -0.357 e. The molecule has 0 aliphatic heterocycles. The summed E-state index contributed by atoms with van der Waals surface area (Å²) in [4.78, 5) is 4.49. The smallest absolute Gasteiger partial charge is 0.191 e. The Balaban J connectivity index is 2.40. The van der Waals surface area contributed by atoms with Crippen LogP contribution >= 0.6 is 0 Å². The van der Waals surface area contributed by atoms with E-state index in [1.54, 1.807) is 0 Å². The fraction of sp³-hybridized carbons (Fsp3) is 0.357. The van der Waals surface area contributed by atoms with Crippen LogP contribution < -0.4 is 10.6 Å². The van der Waals surface area contributed by atoms with Crippen molar-refractivity contribution in [1.29, 1.82) is 0 Å². The number of hydrogen-bond donors (Lipinski definition) is 2. The van der Waals surface area contributed by atoms with Crippen molar-refractivity contribution in [2.45, 2.75) is 13.3 Å². The molecule has 0 aliphatic rings. The van der Waals surface area contributed by atoms with Crippen molar-refractivity contribution in [3.05, 3.63) is 48.6 Å². The SMILES string of the molecule is C=CCNC(=NCCc1ccccc1)NCC. The van der Waals surface area contributed by atoms with E-state index in [2.05, 4.69) is 53.4 Å². The van der Waals surface area contributed by atoms with Crippen LogP contribution in [-0.2, 0) is 6.42 Å². The van der Waals surface area contributed by atoms with Crippen LogP contribution in [0.25, 0.3) is 0 Å². The Bertz CT molecular complexity index is 344. The lowest BCUT2D eigenvalue weighted by molar-refractivity contribution is 0.851. The van der Waals surface area contributed by atoms with Gasteiger partial charge in [-0.05, 0) is 18.9 Å². The van der Waals surface area contributed by atoms with Gasteiger partial charge in [-0.1, -0.05) is 36.4 Å². The average molecular weight is 231 g/mol. The Kier molecular flexibility index (Phi) is 6.56. The lowest BCUT2D eigenvalue weighted by Crippen LogP contribution is -2.37. The van der Waals surface area contributed by atoms with Gasteiger partial charge in [-0.2, -0.15) is 0 Å². The zero-order valence-electron chi connectivity index (χ0n) is 10.4. The third kappa shape index (κ3) is 5.76. The summed E-state index contributed by atoms with van der Waals surface area (Å²) in [6.07, 6.45) is 2.79. The fourth-order valence-corrected chi connectivity index (χ4v) is 1.45. The van der Waals surface area contributed by atoms with Gasteiger partial charge >= 0.3 is 0 Å². The normalized spacial score (nSPS) is 11.0. The van der Waals surface area contributed by atoms with Crippen molar-refractivity contribution in [3.8, 4) is 0 Å². The highest BCUT2D eigenvalue weighted by Crippen LogP contribution is 1.99. The summed E-state index contributed by atoms with van der Waals surface area (Å²) in [5.74, 6) is 0.850. The van der Waals surface area contributed by atoms with Gasteiger partial charge in [-0.3, -0.25) is 4.99 Å². The highest BCUT2D eigenvalue weighted by atomic mass is 15.2. The monoisotopic (exact) mass is 231 g/mol. The van der Waals surface area contributed by atoms with Crippen LogP contribution in [0.15, 0.2) is 48.0 Å². The number of rotatable bonds is 6. The van der Waals surface area contributed by atoms with Crippen LogP contribution in [0, 0.1) is 0 Å². The van der Waals surface area contributed by atoms with Crippen LogP contribution in [0.3, 0.4) is 0 Å². The largest absolute Gasteiger partial charge is 0.357 e. The molecule has 2 N–H and O–H groups in total. The zero-order valence-corrected chi connectivity index (χ0v) is 10.4. The molecule has 0 heterocycles. The van der Waals surface area contributed by atoms with Crippen molar-refractivity contribution >= 4 is 5.96 Å². The van der Waals surface area contributed by atoms with Gasteiger partial charge in [0.15, 0.2) is 5.96 Å². The van der Waals surface area contributed by atoms with Gasteiger partial charge in [0.05, 0.1) is 0 Å². The molecule has 0 unspecified atom stereocenters. The van der Waals surface area contributed by atoms with Crippen molar-refractivity contribution < 1.29 is 0 Å². The number of benzene rings is 1. The fourth-order valence-electron chi connectivity index (χ4n) is 1.45. The first-order valence-electron chi connectivity index (χ1n) is 6.03. The zero-order chi connectivity index (χ0) is 12.3. The van der Waals surface area contributed by atoms with Gasteiger partial charge in [0.25, 0.3) is 0 Å². The van der Waals surface area contributed by atoms with E-state index in [-0.39, 0.29) is 0 Å². The Morgan fingerprint density at radius 1 is 1.29 bits per heavy atom. The van der Waals surface area contributed by atoms with Crippen LogP contribution in [0.2, 0.25) is 0 Å². The summed E-state index contributed by atoms with van der Waals surface area (Å²) >= 11 is 0. The van der Waals surface area contributed by atoms with Gasteiger partial charge in [0.2, 0.25) is 0 Å². The molecule has 0 aliphatic carbocycles. The van der Waals surface area contributed by atoms with E-state index >= 15 is 0 Å². The standard InChI is InChI=1S/C14H21N3/c1-3-11-16-14(15-4-2)17-12-10-13-8-6-5-7-9-13/h3,5-9H,1,4,10-12H2,2H3,(H2,15,16,17). The number of hydrogen-bond acceptors (Lipinski definition) is 1. The van der Waals surface area contributed by atoms with E-state index in [0.717, 1.165) is 32.0 Å². The highest BCUT2D eigenvalue weighted by molar-refractivity contribution is 5.79. The first kappa shape index (κ1) is 13.3. The Morgan fingerprint density at radius 3 is 2.71 bits per heavy atom. The lowest BCUT2D eigenvalue weighted by Gasteiger charge is -2.09. The third-order valence-electron chi connectivity index (χ3n) is 2.27. The van der Waals surface area contributed by atoms with Crippen molar-refractivity contribution in [2.75, 3.05) is 19.6 Å². The predicted octanol–water partition coefficient (Wildman–Crippen LogP) is 1.97. The van der Waals surface area contributed by atoms with Crippen molar-refractivity contribution in [3.63, 3.8) is 0 Å². The molecule has 0 aromatic heterocycles. The van der Waals surface area contributed by atoms with Gasteiger partial charge in [-0.15, -0.1) is 6.58 Å². The lowest BCUT2D eigenvalue weighted by atomic mass is 10.2. The molecule has 0 amide bonds. The maximum Gasteiger partial charge on any atom is 0.191 e. The molecule has 0 atom stereocenters. The van der Waals surface area contributed by atoms with E-state index in [9.17, 15) is 0 Å². The van der Waals surface area contributed by atoms with E-state index in [1.807, 2.05) is 12.1 Å². The van der Waals surface area contributed by atoms with Crippen LogP contribution in [-0.4, -0.2) is 25.6 Å². The molecular formula is C14H21N3. The predicted molar refractivity (Wildman–Crippen MR) is 74.3 cm³/mol. The Hall–Kier alpha value is -1.77. The molecule has 17 heavy (non-hydrogen) atoms. The second-order valence-electron chi connectivity index (χ2n) is 3.67. The minimum atomic E-state index is 0.733. The number of aliphatic imine (C=N–C) groups is 1. The summed E-state index contributed by atoms with van der Waals surface area (Å²) in [5, 5.41) is 6.37.